The minimum atomic E-state index is -0.191. The number of amides is 1. The van der Waals surface area contributed by atoms with Gasteiger partial charge in [0.05, 0.1) is 5.92 Å². The van der Waals surface area contributed by atoms with Crippen LogP contribution < -0.4 is 5.32 Å². The fourth-order valence-corrected chi connectivity index (χ4v) is 5.21. The van der Waals surface area contributed by atoms with Gasteiger partial charge < -0.3 is 10.4 Å². The highest BCUT2D eigenvalue weighted by molar-refractivity contribution is 5.88. The predicted molar refractivity (Wildman–Crippen MR) is 133 cm³/mol. The number of aryl methyl sites for hydroxylation is 1. The zero-order valence-electron chi connectivity index (χ0n) is 20.2. The zero-order chi connectivity index (χ0) is 23.2. The van der Waals surface area contributed by atoms with Crippen molar-refractivity contribution in [3.8, 4) is 5.75 Å². The Morgan fingerprint density at radius 3 is 2.44 bits per heavy atom. The molecular weight excluding hydrogens is 394 g/mol. The topological polar surface area (TPSA) is 49.3 Å². The molecule has 0 radical (unpaired) electrons. The second-order valence-corrected chi connectivity index (χ2v) is 10.2. The van der Waals surface area contributed by atoms with Gasteiger partial charge in [-0.2, -0.15) is 0 Å². The van der Waals surface area contributed by atoms with Gasteiger partial charge in [-0.05, 0) is 103 Å². The van der Waals surface area contributed by atoms with E-state index >= 15 is 0 Å². The molecule has 1 aliphatic carbocycles. The summed E-state index contributed by atoms with van der Waals surface area (Å²) >= 11 is 0. The molecule has 2 atom stereocenters. The molecule has 3 aromatic rings. The number of fused-ring (bicyclic) bond motifs is 2. The maximum absolute atomic E-state index is 13.0. The lowest BCUT2D eigenvalue weighted by atomic mass is 9.70. The monoisotopic (exact) mass is 429 g/mol. The van der Waals surface area contributed by atoms with Gasteiger partial charge in [-0.1, -0.05) is 48.9 Å². The summed E-state index contributed by atoms with van der Waals surface area (Å²) in [6.45, 7) is 13.2. The summed E-state index contributed by atoms with van der Waals surface area (Å²) in [6.07, 6.45) is 2.88. The number of nitrogens with one attached hydrogen (secondary N) is 1. The largest absolute Gasteiger partial charge is 0.507 e. The number of benzene rings is 3. The van der Waals surface area contributed by atoms with Crippen LogP contribution in [0.3, 0.4) is 0 Å². The number of phenolic OH excluding ortho intramolecular Hbond substituents is 1. The van der Waals surface area contributed by atoms with E-state index in [1.54, 1.807) is 0 Å². The van der Waals surface area contributed by atoms with Crippen molar-refractivity contribution < 1.29 is 9.90 Å². The van der Waals surface area contributed by atoms with Crippen LogP contribution in [0.1, 0.15) is 65.1 Å². The predicted octanol–water partition coefficient (Wildman–Crippen LogP) is 6.19. The summed E-state index contributed by atoms with van der Waals surface area (Å²) in [5.41, 5.74) is 8.17. The van der Waals surface area contributed by atoms with E-state index in [4.69, 9.17) is 0 Å². The molecule has 0 heterocycles. The van der Waals surface area contributed by atoms with E-state index in [1.807, 2.05) is 20.8 Å². The van der Waals surface area contributed by atoms with Crippen molar-refractivity contribution in [1.82, 2.24) is 5.32 Å². The summed E-state index contributed by atoms with van der Waals surface area (Å²) in [5.74, 6) is 0.333. The molecule has 0 spiro atoms. The van der Waals surface area contributed by atoms with Crippen LogP contribution >= 0.6 is 0 Å². The Labute approximate surface area is 191 Å². The summed E-state index contributed by atoms with van der Waals surface area (Å²) in [7, 11) is 0. The Balaban J connectivity index is 1.48. The Kier molecular flexibility index (Phi) is 5.79. The first kappa shape index (κ1) is 22.4. The van der Waals surface area contributed by atoms with E-state index in [1.165, 1.54) is 33.0 Å². The highest BCUT2D eigenvalue weighted by Gasteiger charge is 2.33. The number of carbonyl (C=O) groups excluding carboxylic acids is 1. The van der Waals surface area contributed by atoms with Gasteiger partial charge in [-0.15, -0.1) is 0 Å². The van der Waals surface area contributed by atoms with E-state index in [2.05, 4.69) is 62.5 Å². The lowest BCUT2D eigenvalue weighted by molar-refractivity contribution is -0.122. The summed E-state index contributed by atoms with van der Waals surface area (Å²) in [6, 6.07) is 12.7. The number of hydrogen-bond donors (Lipinski definition) is 2. The Morgan fingerprint density at radius 1 is 1.00 bits per heavy atom. The molecule has 2 N–H and O–H groups in total. The Hall–Kier alpha value is -2.81. The maximum atomic E-state index is 13.0. The standard InChI is InChI=1S/C29H35NO2/c1-17-7-8-24-14-22(9-10-23(24)13-17)20(4)28(32)30-16-29(6)12-11-25-21(5)27(31)19(3)18(2)26(25)15-29/h7-10,13-14,20,31H,11-12,15-16H2,1-6H3,(H,30,32)/t20-,29-/m0/s1. The van der Waals surface area contributed by atoms with Gasteiger partial charge in [0, 0.05) is 6.54 Å². The van der Waals surface area contributed by atoms with Crippen molar-refractivity contribution in [3.63, 3.8) is 0 Å². The third-order valence-electron chi connectivity index (χ3n) is 7.73. The van der Waals surface area contributed by atoms with Crippen LogP contribution in [0.25, 0.3) is 10.8 Å². The van der Waals surface area contributed by atoms with Crippen LogP contribution in [-0.4, -0.2) is 17.6 Å². The van der Waals surface area contributed by atoms with Gasteiger partial charge in [0.15, 0.2) is 0 Å². The molecule has 0 aromatic heterocycles. The van der Waals surface area contributed by atoms with Crippen LogP contribution in [0.5, 0.6) is 5.75 Å². The van der Waals surface area contributed by atoms with E-state index < -0.39 is 0 Å². The molecule has 0 fully saturated rings. The van der Waals surface area contributed by atoms with Crippen molar-refractivity contribution >= 4 is 16.7 Å². The van der Waals surface area contributed by atoms with Gasteiger partial charge in [-0.25, -0.2) is 0 Å². The highest BCUT2D eigenvalue weighted by atomic mass is 16.3. The van der Waals surface area contributed by atoms with Crippen molar-refractivity contribution in [1.29, 1.82) is 0 Å². The average Bonchev–Trinajstić information content (AvgIpc) is 2.79. The van der Waals surface area contributed by atoms with Gasteiger partial charge in [-0.3, -0.25) is 4.79 Å². The van der Waals surface area contributed by atoms with Crippen LogP contribution in [0, 0.1) is 33.1 Å². The van der Waals surface area contributed by atoms with E-state index in [0.29, 0.717) is 12.3 Å². The molecule has 0 saturated heterocycles. The van der Waals surface area contributed by atoms with Gasteiger partial charge >= 0.3 is 0 Å². The molecule has 0 bridgehead atoms. The molecule has 1 amide bonds. The van der Waals surface area contributed by atoms with Crippen molar-refractivity contribution in [2.75, 3.05) is 6.54 Å². The summed E-state index contributed by atoms with van der Waals surface area (Å²) < 4.78 is 0. The van der Waals surface area contributed by atoms with Crippen molar-refractivity contribution in [2.45, 2.75) is 66.7 Å². The minimum absolute atomic E-state index is 0.0178. The average molecular weight is 430 g/mol. The first-order valence-corrected chi connectivity index (χ1v) is 11.7. The van der Waals surface area contributed by atoms with Crippen LogP contribution in [-0.2, 0) is 17.6 Å². The Morgan fingerprint density at radius 2 is 1.69 bits per heavy atom. The quantitative estimate of drug-likeness (QED) is 0.519. The minimum Gasteiger partial charge on any atom is -0.507 e. The third kappa shape index (κ3) is 4.01. The second kappa shape index (κ2) is 8.27. The van der Waals surface area contributed by atoms with E-state index in [9.17, 15) is 9.90 Å². The first-order valence-electron chi connectivity index (χ1n) is 11.7. The lowest BCUT2D eigenvalue weighted by Crippen LogP contribution is -2.41. The molecule has 4 rings (SSSR count). The summed E-state index contributed by atoms with van der Waals surface area (Å²) in [5, 5.41) is 16.1. The van der Waals surface area contributed by atoms with Gasteiger partial charge in [0.1, 0.15) is 5.75 Å². The van der Waals surface area contributed by atoms with Crippen LogP contribution in [0.15, 0.2) is 36.4 Å². The fraction of sp³-hybridized carbons (Fsp3) is 0.414. The maximum Gasteiger partial charge on any atom is 0.227 e. The number of hydrogen-bond acceptors (Lipinski definition) is 2. The molecule has 3 heteroatoms. The molecule has 3 aromatic carbocycles. The fourth-order valence-electron chi connectivity index (χ4n) is 5.21. The molecular formula is C29H35NO2. The molecule has 1 aliphatic rings. The van der Waals surface area contributed by atoms with E-state index in [-0.39, 0.29) is 17.2 Å². The number of phenols is 1. The second-order valence-electron chi connectivity index (χ2n) is 10.2. The summed E-state index contributed by atoms with van der Waals surface area (Å²) in [4.78, 5) is 13.0. The molecule has 32 heavy (non-hydrogen) atoms. The molecule has 0 saturated carbocycles. The van der Waals surface area contributed by atoms with E-state index in [0.717, 1.165) is 36.0 Å². The number of rotatable bonds is 4. The normalized spacial score (nSPS) is 18.9. The van der Waals surface area contributed by atoms with Crippen LogP contribution in [0.4, 0.5) is 0 Å². The molecule has 0 aliphatic heterocycles. The van der Waals surface area contributed by atoms with Gasteiger partial charge in [0.2, 0.25) is 5.91 Å². The number of aromatic hydroxyl groups is 1. The lowest BCUT2D eigenvalue weighted by Gasteiger charge is -2.37. The Bertz CT molecular complexity index is 1210. The molecule has 168 valence electrons. The third-order valence-corrected chi connectivity index (χ3v) is 7.73. The SMILES string of the molecule is Cc1ccc2cc([C@H](C)C(=O)NC[C@@]3(C)CCc4c(C)c(O)c(C)c(C)c4C3)ccc2c1. The highest BCUT2D eigenvalue weighted by Crippen LogP contribution is 2.42. The molecule has 3 nitrogen and oxygen atoms in total. The van der Waals surface area contributed by atoms with Crippen molar-refractivity contribution in [3.05, 3.63) is 75.3 Å². The zero-order valence-corrected chi connectivity index (χ0v) is 20.2. The first-order chi connectivity index (χ1) is 15.1. The van der Waals surface area contributed by atoms with Crippen molar-refractivity contribution in [2.24, 2.45) is 5.41 Å². The van der Waals surface area contributed by atoms with Crippen LogP contribution in [0.2, 0.25) is 0 Å². The molecule has 0 unspecified atom stereocenters. The number of carbonyl (C=O) groups is 1. The van der Waals surface area contributed by atoms with Gasteiger partial charge in [0.25, 0.3) is 0 Å². The smallest absolute Gasteiger partial charge is 0.227 e.